The summed E-state index contributed by atoms with van der Waals surface area (Å²) in [5.74, 6) is 1.56. The largest absolute Gasteiger partial charge is 0.497 e. The van der Waals surface area contributed by atoms with E-state index >= 15 is 0 Å². The van der Waals surface area contributed by atoms with Gasteiger partial charge in [-0.1, -0.05) is 48.2 Å². The van der Waals surface area contributed by atoms with Gasteiger partial charge in [-0.05, 0) is 43.3 Å². The molecule has 2 aromatic heterocycles. The van der Waals surface area contributed by atoms with Crippen LogP contribution < -0.4 is 10.3 Å². The first-order valence-corrected chi connectivity index (χ1v) is 11.2. The quantitative estimate of drug-likeness (QED) is 0.253. The Labute approximate surface area is 194 Å². The summed E-state index contributed by atoms with van der Waals surface area (Å²) in [7, 11) is 1.60. The highest BCUT2D eigenvalue weighted by Crippen LogP contribution is 2.35. The predicted octanol–water partition coefficient (Wildman–Crippen LogP) is 5.30. The minimum Gasteiger partial charge on any atom is -0.497 e. The van der Waals surface area contributed by atoms with Crippen molar-refractivity contribution in [3.8, 4) is 22.9 Å². The molecule has 33 heavy (non-hydrogen) atoms. The molecule has 2 heterocycles. The minimum absolute atomic E-state index is 0.154. The van der Waals surface area contributed by atoms with Crippen molar-refractivity contribution < 1.29 is 9.15 Å². The third-order valence-electron chi connectivity index (χ3n) is 5.15. The molecule has 8 heteroatoms. The van der Waals surface area contributed by atoms with Crippen molar-refractivity contribution in [1.82, 2.24) is 19.7 Å². The molecule has 0 spiro atoms. The third-order valence-corrected chi connectivity index (χ3v) is 6.19. The predicted molar refractivity (Wildman–Crippen MR) is 128 cm³/mol. The summed E-state index contributed by atoms with van der Waals surface area (Å²) < 4.78 is 12.9. The van der Waals surface area contributed by atoms with Gasteiger partial charge in [-0.3, -0.25) is 9.36 Å². The molecule has 164 valence electrons. The molecule has 0 aliphatic rings. The molecule has 5 aromatic rings. The van der Waals surface area contributed by atoms with E-state index in [1.165, 1.54) is 11.8 Å². The number of rotatable bonds is 6. The van der Waals surface area contributed by atoms with Crippen molar-refractivity contribution in [3.05, 3.63) is 95.1 Å². The van der Waals surface area contributed by atoms with Crippen molar-refractivity contribution in [3.63, 3.8) is 0 Å². The summed E-state index contributed by atoms with van der Waals surface area (Å²) in [5.41, 5.74) is 2.00. The maximum absolute atomic E-state index is 13.5. The molecule has 0 aliphatic carbocycles. The molecular formula is C25H20N4O3S. The fourth-order valence-corrected chi connectivity index (χ4v) is 4.43. The number of para-hydroxylation sites is 1. The maximum atomic E-state index is 13.5. The molecule has 7 nitrogen and oxygen atoms in total. The van der Waals surface area contributed by atoms with Crippen molar-refractivity contribution >= 4 is 22.7 Å². The van der Waals surface area contributed by atoms with Gasteiger partial charge >= 0.3 is 0 Å². The Hall–Kier alpha value is -3.91. The molecule has 0 N–H and O–H groups in total. The van der Waals surface area contributed by atoms with Gasteiger partial charge in [-0.2, -0.15) is 0 Å². The van der Waals surface area contributed by atoms with Crippen LogP contribution in [0.2, 0.25) is 0 Å². The second-order valence-electron chi connectivity index (χ2n) is 7.33. The van der Waals surface area contributed by atoms with E-state index in [4.69, 9.17) is 14.1 Å². The van der Waals surface area contributed by atoms with Gasteiger partial charge in [0, 0.05) is 11.6 Å². The lowest BCUT2D eigenvalue weighted by Crippen LogP contribution is -2.22. The van der Waals surface area contributed by atoms with Crippen LogP contribution >= 0.6 is 11.8 Å². The fourth-order valence-electron chi connectivity index (χ4n) is 3.47. The summed E-state index contributed by atoms with van der Waals surface area (Å²) in [6.45, 7) is 1.95. The van der Waals surface area contributed by atoms with Crippen LogP contribution in [0.25, 0.3) is 28.0 Å². The van der Waals surface area contributed by atoms with Gasteiger partial charge in [0.2, 0.25) is 11.8 Å². The Kier molecular flexibility index (Phi) is 5.66. The molecule has 0 fully saturated rings. The third kappa shape index (κ3) is 4.12. The molecule has 1 unspecified atom stereocenters. The number of aromatic nitrogens is 4. The Morgan fingerprint density at radius 1 is 0.970 bits per heavy atom. The number of thioether (sulfide) groups is 1. The zero-order valence-corrected chi connectivity index (χ0v) is 18.8. The summed E-state index contributed by atoms with van der Waals surface area (Å²) >= 11 is 1.38. The first-order valence-electron chi connectivity index (χ1n) is 10.4. The average Bonchev–Trinajstić information content (AvgIpc) is 3.35. The van der Waals surface area contributed by atoms with E-state index in [1.54, 1.807) is 17.7 Å². The Balaban J connectivity index is 1.57. The number of ether oxygens (including phenoxy) is 1. The highest BCUT2D eigenvalue weighted by atomic mass is 32.2. The topological polar surface area (TPSA) is 83.0 Å². The van der Waals surface area contributed by atoms with Gasteiger partial charge in [0.25, 0.3) is 5.56 Å². The van der Waals surface area contributed by atoms with Crippen molar-refractivity contribution in [1.29, 1.82) is 0 Å². The maximum Gasteiger partial charge on any atom is 0.266 e. The molecule has 0 amide bonds. The smallest absolute Gasteiger partial charge is 0.266 e. The fraction of sp³-hybridized carbons (Fsp3) is 0.120. The second kappa shape index (κ2) is 8.91. The lowest BCUT2D eigenvalue weighted by atomic mass is 10.2. The number of benzene rings is 3. The molecular weight excluding hydrogens is 436 g/mol. The molecule has 5 rings (SSSR count). The first kappa shape index (κ1) is 21.0. The van der Waals surface area contributed by atoms with Crippen LogP contribution in [0.5, 0.6) is 5.75 Å². The number of methoxy groups -OCH3 is 1. The first-order chi connectivity index (χ1) is 16.1. The van der Waals surface area contributed by atoms with E-state index in [9.17, 15) is 4.79 Å². The van der Waals surface area contributed by atoms with E-state index in [2.05, 4.69) is 10.2 Å². The highest BCUT2D eigenvalue weighted by molar-refractivity contribution is 7.99. The number of hydrogen-bond donors (Lipinski definition) is 0. The molecule has 0 saturated carbocycles. The van der Waals surface area contributed by atoms with E-state index in [0.29, 0.717) is 39.3 Å². The number of hydrogen-bond acceptors (Lipinski definition) is 7. The van der Waals surface area contributed by atoms with Crippen LogP contribution in [-0.2, 0) is 0 Å². The van der Waals surface area contributed by atoms with Crippen LogP contribution in [0, 0.1) is 0 Å². The summed E-state index contributed by atoms with van der Waals surface area (Å²) in [6, 6.07) is 24.3. The van der Waals surface area contributed by atoms with E-state index in [-0.39, 0.29) is 10.8 Å². The van der Waals surface area contributed by atoms with E-state index in [0.717, 1.165) is 5.56 Å². The van der Waals surface area contributed by atoms with Crippen molar-refractivity contribution in [2.45, 2.75) is 17.3 Å². The van der Waals surface area contributed by atoms with Gasteiger partial charge in [-0.25, -0.2) is 4.98 Å². The monoisotopic (exact) mass is 456 g/mol. The van der Waals surface area contributed by atoms with E-state index in [1.807, 2.05) is 79.7 Å². The average molecular weight is 457 g/mol. The van der Waals surface area contributed by atoms with Gasteiger partial charge in [0.1, 0.15) is 5.75 Å². The SMILES string of the molecule is COc1cccc(-n2c(SC(C)c3nnc(-c4ccccc4)o3)nc3ccccc3c2=O)c1. The molecule has 1 atom stereocenters. The Bertz CT molecular complexity index is 1480. The van der Waals surface area contributed by atoms with E-state index < -0.39 is 0 Å². The standard InChI is InChI=1S/C25H20N4O3S/c1-16(22-27-28-23(32-22)17-9-4-3-5-10-17)33-25-26-21-14-7-6-13-20(21)24(30)29(25)18-11-8-12-19(15-18)31-2/h3-16H,1-2H3. The normalized spacial score (nSPS) is 12.1. The lowest BCUT2D eigenvalue weighted by molar-refractivity contribution is 0.414. The van der Waals surface area contributed by atoms with Crippen molar-refractivity contribution in [2.24, 2.45) is 0 Å². The molecule has 0 radical (unpaired) electrons. The van der Waals surface area contributed by atoms with Gasteiger partial charge < -0.3 is 9.15 Å². The number of fused-ring (bicyclic) bond motifs is 1. The molecule has 3 aromatic carbocycles. The Morgan fingerprint density at radius 3 is 2.58 bits per heavy atom. The summed E-state index contributed by atoms with van der Waals surface area (Å²) in [6.07, 6.45) is 0. The van der Waals surface area contributed by atoms with Crippen LogP contribution in [0.1, 0.15) is 18.1 Å². The second-order valence-corrected chi connectivity index (χ2v) is 8.63. The zero-order chi connectivity index (χ0) is 22.8. The molecule has 0 saturated heterocycles. The number of nitrogens with zero attached hydrogens (tertiary/aromatic N) is 4. The van der Waals surface area contributed by atoms with Crippen LogP contribution in [0.15, 0.2) is 93.2 Å². The molecule has 0 bridgehead atoms. The van der Waals surface area contributed by atoms with Crippen LogP contribution in [0.3, 0.4) is 0 Å². The van der Waals surface area contributed by atoms with Crippen LogP contribution in [0.4, 0.5) is 0 Å². The van der Waals surface area contributed by atoms with Gasteiger partial charge in [0.15, 0.2) is 5.16 Å². The van der Waals surface area contributed by atoms with Gasteiger partial charge in [-0.15, -0.1) is 10.2 Å². The van der Waals surface area contributed by atoms with Crippen molar-refractivity contribution in [2.75, 3.05) is 7.11 Å². The van der Waals surface area contributed by atoms with Gasteiger partial charge in [0.05, 0.1) is 29.0 Å². The molecule has 0 aliphatic heterocycles. The van der Waals surface area contributed by atoms with Crippen LogP contribution in [-0.4, -0.2) is 26.9 Å². The summed E-state index contributed by atoms with van der Waals surface area (Å²) in [4.78, 5) is 18.3. The minimum atomic E-state index is -0.236. The summed E-state index contributed by atoms with van der Waals surface area (Å²) in [5, 5.41) is 9.25. The lowest BCUT2D eigenvalue weighted by Gasteiger charge is -2.15. The zero-order valence-electron chi connectivity index (χ0n) is 18.0. The Morgan fingerprint density at radius 2 is 1.76 bits per heavy atom. The highest BCUT2D eigenvalue weighted by Gasteiger charge is 2.21.